The van der Waals surface area contributed by atoms with Gasteiger partial charge in [0.05, 0.1) is 21.7 Å². The molecule has 6 aliphatic heterocycles. The highest BCUT2D eigenvalue weighted by atomic mass is 35.5. The molecule has 14 heteroatoms. The Labute approximate surface area is 729 Å². The Bertz CT molecular complexity index is 5520. The second-order valence-electron chi connectivity index (χ2n) is 32.7. The maximum atomic E-state index is 9.20. The van der Waals surface area contributed by atoms with E-state index in [1.807, 2.05) is 13.8 Å². The van der Waals surface area contributed by atoms with Crippen LogP contribution in [0, 0.1) is 34.9 Å². The molecule has 8 aromatic carbocycles. The Balaban J connectivity index is 0.000000208. The summed E-state index contributed by atoms with van der Waals surface area (Å²) in [5, 5.41) is 17.8. The lowest BCUT2D eigenvalue weighted by molar-refractivity contribution is -0.776. The minimum absolute atomic E-state index is 0. The quantitative estimate of drug-likeness (QED) is 0.0207. The summed E-state index contributed by atoms with van der Waals surface area (Å²) in [6.45, 7) is 36.3. The average molecular weight is 1650 g/mol. The molecule has 6 heterocycles. The van der Waals surface area contributed by atoms with Gasteiger partial charge in [-0.2, -0.15) is 22.6 Å². The zero-order chi connectivity index (χ0) is 85.0. The van der Waals surface area contributed by atoms with E-state index in [4.69, 9.17) is 0 Å². The first-order valence-corrected chi connectivity index (χ1v) is 41.2. The SMILES string of the molecule is CC.CC#CC#CC#CSOO[O-].CCNc1ccc(/C=C/C2=[N+](C)c3ccccc3C2(C)C)cc1.CN(C)c1ccc(/C=C/C=C/C2=[N+](C)c3ccccc3C2(C)C)cc1.CN1C(=CC=CC2=[N+](C)c3ccccc3C2(C)C)C(C)(C)c2ccccc21.CN1C(=CC=CC=CC2=[N+](C)c3ccccc3C2(C)C)C(C)(C)c2ccccc21.[Cl-].[Cl-]. The van der Waals surface area contributed by atoms with Gasteiger partial charge < -0.3 is 50.1 Å². The molecule has 0 radical (unpaired) electrons. The number of likely N-dealkylation sites (N-methyl/N-ethyl adjacent to an activating group) is 2. The number of nitrogens with one attached hydrogen (secondary N) is 1. The van der Waals surface area contributed by atoms with Gasteiger partial charge in [0.15, 0.2) is 22.8 Å². The molecular weight excluding hydrogens is 1520 g/mol. The van der Waals surface area contributed by atoms with Gasteiger partial charge in [-0.15, -0.1) is 0 Å². The van der Waals surface area contributed by atoms with E-state index in [0.29, 0.717) is 12.0 Å². The molecule has 6 aliphatic rings. The highest BCUT2D eigenvalue weighted by Crippen LogP contribution is 2.49. The van der Waals surface area contributed by atoms with Crippen molar-refractivity contribution in [3.63, 3.8) is 0 Å². The minimum Gasteiger partial charge on any atom is -1.00 e. The largest absolute Gasteiger partial charge is 1.00 e. The van der Waals surface area contributed by atoms with Crippen molar-refractivity contribution >= 4 is 92.5 Å². The van der Waals surface area contributed by atoms with Crippen LogP contribution in [-0.4, -0.2) is 104 Å². The maximum absolute atomic E-state index is 9.20. The highest BCUT2D eigenvalue weighted by molar-refractivity contribution is 7.99. The smallest absolute Gasteiger partial charge is 0.209 e. The first kappa shape index (κ1) is 95.2. The summed E-state index contributed by atoms with van der Waals surface area (Å²) in [7, 11) is 17.1. The van der Waals surface area contributed by atoms with Gasteiger partial charge in [-0.25, -0.2) is 0 Å². The molecule has 0 aliphatic carbocycles. The molecule has 0 atom stereocenters. The number of hydrogen-bond acceptors (Lipinski definition) is 8. The first-order valence-electron chi connectivity index (χ1n) is 40.5. The Morgan fingerprint density at radius 3 is 1.12 bits per heavy atom. The Kier molecular flexibility index (Phi) is 33.7. The molecule has 8 aromatic rings. The van der Waals surface area contributed by atoms with Gasteiger partial charge in [0, 0.05) is 162 Å². The van der Waals surface area contributed by atoms with E-state index in [1.165, 1.54) is 124 Å². The molecule has 0 bridgehead atoms. The lowest BCUT2D eigenvalue weighted by Crippen LogP contribution is -3.00. The fourth-order valence-electron chi connectivity index (χ4n) is 16.9. The monoisotopic (exact) mass is 1640 g/mol. The molecule has 14 rings (SSSR count). The molecule has 0 amide bonds. The third-order valence-electron chi connectivity index (χ3n) is 23.1. The van der Waals surface area contributed by atoms with Crippen molar-refractivity contribution in [3.8, 4) is 34.9 Å². The number of rotatable bonds is 15. The second kappa shape index (κ2) is 42.1. The zero-order valence-corrected chi connectivity index (χ0v) is 76.6. The fraction of sp³-hybridized carbons (Fsp3) is 0.295. The van der Waals surface area contributed by atoms with E-state index in [1.54, 1.807) is 6.92 Å². The van der Waals surface area contributed by atoms with Gasteiger partial charge in [0.1, 0.15) is 40.2 Å². The van der Waals surface area contributed by atoms with Crippen molar-refractivity contribution in [3.05, 3.63) is 323 Å². The molecule has 0 spiro atoms. The van der Waals surface area contributed by atoms with Crippen molar-refractivity contribution in [1.82, 2.24) is 0 Å². The number of nitrogens with zero attached hydrogens (tertiary/aromatic N) is 7. The van der Waals surface area contributed by atoms with Gasteiger partial charge in [-0.05, 0) is 164 Å². The summed E-state index contributed by atoms with van der Waals surface area (Å²) in [4.78, 5) is 6.74. The van der Waals surface area contributed by atoms with E-state index >= 15 is 0 Å². The molecule has 0 saturated heterocycles. The van der Waals surface area contributed by atoms with E-state index in [9.17, 15) is 5.26 Å². The molecule has 0 aromatic heterocycles. The van der Waals surface area contributed by atoms with Crippen molar-refractivity contribution in [2.75, 3.05) is 82.9 Å². The number of para-hydroxylation sites is 6. The Morgan fingerprint density at radius 1 is 0.403 bits per heavy atom. The first-order chi connectivity index (χ1) is 55.9. The maximum Gasteiger partial charge on any atom is 0.209 e. The lowest BCUT2D eigenvalue weighted by atomic mass is 9.81. The van der Waals surface area contributed by atoms with Crippen LogP contribution in [0.15, 0.2) is 278 Å². The standard InChI is InChI=1S/C27H31N2.C25H29N2.C23H27N2.C21H24N2.C7H4O3S.C2H6.2ClH/c1-26(2)20-14-10-12-16-22(20)28(5)24(26)18-8-7-9-19-25-27(3,4)21-15-11-13-17-23(21)29(25)6;1-24(2)18-12-7-9-14-20(18)26(5)22(24)16-11-17-23-25(3,4)19-13-8-10-15-21(19)27(23)6;1-23(2)20-11-7-8-12-21(20)25(5)22(23)13-9-6-10-18-14-16-19(17-15-18)24(3)4;1-5-22-17-13-10-16(11-14-17)12-15-20-21(2,3)18-8-6-7-9-19(18)23(20)4;1-2-3-4-5-6-7-11-10-9-8;1-2;;/h7-19H,1-6H3;7-17H,1-6H3;6-17H,1-5H3;6-15H,5H2,1-4H3;8H,1H3;1-2H3;2*1H/q3*+1;;;;;/p-2. The van der Waals surface area contributed by atoms with Gasteiger partial charge in [-0.3, -0.25) is 5.04 Å². The molecule has 11 nitrogen and oxygen atoms in total. The van der Waals surface area contributed by atoms with Gasteiger partial charge >= 0.3 is 0 Å². The number of fused-ring (bicyclic) bond motifs is 6. The molecule has 1 N–H and O–H groups in total. The summed E-state index contributed by atoms with van der Waals surface area (Å²) in [6, 6.07) is 69.3. The van der Waals surface area contributed by atoms with E-state index in [0.717, 1.165) is 6.54 Å². The third kappa shape index (κ3) is 21.2. The summed E-state index contributed by atoms with van der Waals surface area (Å²) < 4.78 is 13.1. The summed E-state index contributed by atoms with van der Waals surface area (Å²) in [6.07, 6.45) is 30.8. The third-order valence-corrected chi connectivity index (χ3v) is 23.4. The van der Waals surface area contributed by atoms with Crippen molar-refractivity contribution in [2.45, 2.75) is 143 Å². The van der Waals surface area contributed by atoms with Crippen LogP contribution in [0.3, 0.4) is 0 Å². The number of allylic oxidation sites excluding steroid dienone is 14. The normalized spacial score (nSPS) is 17.0. The number of benzene rings is 8. The van der Waals surface area contributed by atoms with E-state index in [-0.39, 0.29) is 57.3 Å². The minimum atomic E-state index is 0. The fourth-order valence-corrected chi connectivity index (χ4v) is 17.0. The van der Waals surface area contributed by atoms with E-state index in [2.05, 4.69) is 508 Å². The molecule has 0 saturated carbocycles. The lowest BCUT2D eigenvalue weighted by Gasteiger charge is -2.23. The van der Waals surface area contributed by atoms with Gasteiger partial charge in [0.2, 0.25) is 22.7 Å². The van der Waals surface area contributed by atoms with Crippen LogP contribution in [0.1, 0.15) is 155 Å². The van der Waals surface area contributed by atoms with Crippen LogP contribution in [0.5, 0.6) is 0 Å². The van der Waals surface area contributed by atoms with Crippen LogP contribution in [0.25, 0.3) is 12.2 Å². The molecule has 0 unspecified atom stereocenters. The van der Waals surface area contributed by atoms with E-state index < -0.39 is 0 Å². The highest BCUT2D eigenvalue weighted by Gasteiger charge is 2.47. The molecule has 0 fully saturated rings. The predicted octanol–water partition coefficient (Wildman–Crippen LogP) is 16.4. The summed E-state index contributed by atoms with van der Waals surface area (Å²) >= 11 is 0.565. The summed E-state index contributed by atoms with van der Waals surface area (Å²) in [5.74, 6) is 12.3. The summed E-state index contributed by atoms with van der Waals surface area (Å²) in [5.41, 5.74) is 29.1. The van der Waals surface area contributed by atoms with Gasteiger partial charge in [0.25, 0.3) is 0 Å². The average Bonchev–Trinajstić information content (AvgIpc) is 1.62. The number of anilines is 4. The Morgan fingerprint density at radius 2 is 0.739 bits per heavy atom. The number of hydrogen-bond donors (Lipinski definition) is 1. The van der Waals surface area contributed by atoms with Crippen LogP contribution in [0.4, 0.5) is 45.5 Å². The Hall–Kier alpha value is -11.0. The van der Waals surface area contributed by atoms with Crippen LogP contribution >= 0.6 is 12.0 Å². The molecule has 119 heavy (non-hydrogen) atoms. The van der Waals surface area contributed by atoms with Crippen LogP contribution < -0.4 is 50.1 Å². The van der Waals surface area contributed by atoms with Crippen molar-refractivity contribution in [2.24, 2.45) is 0 Å². The molecule has 618 valence electrons. The van der Waals surface area contributed by atoms with Crippen molar-refractivity contribution in [1.29, 1.82) is 0 Å². The molecular formula is C105H121Cl2N8O3S+. The number of halogens is 2. The van der Waals surface area contributed by atoms with Crippen LogP contribution in [0.2, 0.25) is 0 Å². The van der Waals surface area contributed by atoms with Crippen molar-refractivity contribution < 1.29 is 57.7 Å². The topological polar surface area (TPSA) is 75.3 Å². The van der Waals surface area contributed by atoms with Crippen LogP contribution in [-0.2, 0) is 41.9 Å². The zero-order valence-electron chi connectivity index (χ0n) is 74.3. The predicted molar refractivity (Wildman–Crippen MR) is 499 cm³/mol. The van der Waals surface area contributed by atoms with Gasteiger partial charge in [-0.1, -0.05) is 223 Å². The second-order valence-corrected chi connectivity index (χ2v) is 33.2.